The molecule has 0 spiro atoms. The predicted molar refractivity (Wildman–Crippen MR) is 139 cm³/mol. The number of likely N-dealkylation sites (tertiary alicyclic amines) is 1. The first-order valence-electron chi connectivity index (χ1n) is 12.1. The van der Waals surface area contributed by atoms with Gasteiger partial charge in [-0.2, -0.15) is 0 Å². The topological polar surface area (TPSA) is 170 Å². The lowest BCUT2D eigenvalue weighted by Crippen LogP contribution is -2.57. The number of Topliss-reactive ketones (excluding diaryl/α,β-unsaturated/α-hetero) is 1. The first-order valence-corrected chi connectivity index (χ1v) is 12.5. The number of ketones is 1. The van der Waals surface area contributed by atoms with Crippen LogP contribution >= 0.6 is 11.6 Å². The van der Waals surface area contributed by atoms with Crippen LogP contribution in [0.4, 0.5) is 14.9 Å². The number of urea groups is 1. The van der Waals surface area contributed by atoms with Crippen LogP contribution in [0.15, 0.2) is 24.3 Å². The molecular weight excluding hydrogens is 505 g/mol. The summed E-state index contributed by atoms with van der Waals surface area (Å²) in [6.07, 6.45) is 1.46. The Balaban J connectivity index is 2.04. The van der Waals surface area contributed by atoms with E-state index in [2.05, 4.69) is 21.3 Å². The Morgan fingerprint density at radius 3 is 2.46 bits per heavy atom. The summed E-state index contributed by atoms with van der Waals surface area (Å²) in [7, 11) is 0. The van der Waals surface area contributed by atoms with Gasteiger partial charge in [0.25, 0.3) is 0 Å². The molecule has 2 rings (SSSR count). The summed E-state index contributed by atoms with van der Waals surface area (Å²) in [5.41, 5.74) is 5.72. The van der Waals surface area contributed by atoms with Gasteiger partial charge in [-0.05, 0) is 55.9 Å². The number of guanidine groups is 1. The highest BCUT2D eigenvalue weighted by Crippen LogP contribution is 2.21. The first-order chi connectivity index (χ1) is 17.5. The second-order valence-electron chi connectivity index (χ2n) is 9.16. The summed E-state index contributed by atoms with van der Waals surface area (Å²) in [5.74, 6) is -2.24. The Morgan fingerprint density at radius 2 is 1.86 bits per heavy atom. The molecule has 1 heterocycles. The predicted octanol–water partition coefficient (Wildman–Crippen LogP) is 1.76. The highest BCUT2D eigenvalue weighted by Gasteiger charge is 2.39. The molecule has 1 aliphatic rings. The summed E-state index contributed by atoms with van der Waals surface area (Å²) in [6.45, 7) is 2.92. The van der Waals surface area contributed by atoms with Crippen LogP contribution in [-0.2, 0) is 14.4 Å². The van der Waals surface area contributed by atoms with Gasteiger partial charge in [0.05, 0.1) is 6.04 Å². The highest BCUT2D eigenvalue weighted by atomic mass is 35.5. The third kappa shape index (κ3) is 9.19. The SMILES string of the molecule is CC(C)[C@H](NC(=O)Nc1ccc(Cl)cc1)C(=O)N1CCC[C@H]1C(=O)N[C@@H](CCCNC(=N)N)C(=O)CF. The minimum absolute atomic E-state index is 0.149. The number of carbonyl (C=O) groups is 4. The van der Waals surface area contributed by atoms with E-state index in [1.807, 2.05) is 0 Å². The van der Waals surface area contributed by atoms with Gasteiger partial charge in [0.1, 0.15) is 18.8 Å². The van der Waals surface area contributed by atoms with E-state index < -0.39 is 48.4 Å². The number of nitrogens with two attached hydrogens (primary N) is 1. The molecule has 0 aliphatic carbocycles. The number of benzene rings is 1. The van der Waals surface area contributed by atoms with E-state index in [-0.39, 0.29) is 24.8 Å². The van der Waals surface area contributed by atoms with E-state index in [0.29, 0.717) is 36.5 Å². The molecule has 3 atom stereocenters. The zero-order chi connectivity index (χ0) is 27.5. The van der Waals surface area contributed by atoms with Crippen LogP contribution in [0, 0.1) is 11.3 Å². The number of hydrogen-bond donors (Lipinski definition) is 6. The Morgan fingerprint density at radius 1 is 1.19 bits per heavy atom. The van der Waals surface area contributed by atoms with Crippen LogP contribution in [0.25, 0.3) is 0 Å². The maximum atomic E-state index is 13.4. The number of hydrogen-bond acceptors (Lipinski definition) is 5. The number of halogens is 2. The van der Waals surface area contributed by atoms with E-state index in [9.17, 15) is 23.6 Å². The number of nitrogens with zero attached hydrogens (tertiary/aromatic N) is 1. The molecule has 0 unspecified atom stereocenters. The van der Waals surface area contributed by atoms with Gasteiger partial charge in [-0.15, -0.1) is 0 Å². The molecule has 1 fully saturated rings. The van der Waals surface area contributed by atoms with Crippen LogP contribution in [0.2, 0.25) is 5.02 Å². The van der Waals surface area contributed by atoms with Crippen molar-refractivity contribution in [3.63, 3.8) is 0 Å². The molecule has 0 radical (unpaired) electrons. The first kappa shape index (κ1) is 29.8. The molecule has 13 heteroatoms. The number of carbonyl (C=O) groups excluding carboxylic acids is 4. The fourth-order valence-electron chi connectivity index (χ4n) is 4.04. The maximum absolute atomic E-state index is 13.4. The Kier molecular flexibility index (Phi) is 11.6. The molecule has 0 bridgehead atoms. The largest absolute Gasteiger partial charge is 0.370 e. The van der Waals surface area contributed by atoms with Gasteiger partial charge in [-0.3, -0.25) is 19.8 Å². The second-order valence-corrected chi connectivity index (χ2v) is 9.60. The molecule has 11 nitrogen and oxygen atoms in total. The van der Waals surface area contributed by atoms with Gasteiger partial charge in [-0.1, -0.05) is 25.4 Å². The lowest BCUT2D eigenvalue weighted by atomic mass is 10.0. The minimum Gasteiger partial charge on any atom is -0.370 e. The zero-order valence-electron chi connectivity index (χ0n) is 21.0. The fourth-order valence-corrected chi connectivity index (χ4v) is 4.17. The van der Waals surface area contributed by atoms with Crippen molar-refractivity contribution in [3.8, 4) is 0 Å². The van der Waals surface area contributed by atoms with E-state index >= 15 is 0 Å². The number of amides is 4. The number of nitrogens with one attached hydrogen (secondary N) is 5. The Hall–Kier alpha value is -3.41. The number of alkyl halides is 1. The third-order valence-corrected chi connectivity index (χ3v) is 6.23. The van der Waals surface area contributed by atoms with Gasteiger partial charge in [0.2, 0.25) is 11.8 Å². The van der Waals surface area contributed by atoms with Crippen molar-refractivity contribution in [1.29, 1.82) is 5.41 Å². The van der Waals surface area contributed by atoms with E-state index in [0.717, 1.165) is 0 Å². The van der Waals surface area contributed by atoms with Crippen LogP contribution in [-0.4, -0.2) is 72.4 Å². The van der Waals surface area contributed by atoms with E-state index in [1.165, 1.54) is 4.90 Å². The summed E-state index contributed by atoms with van der Waals surface area (Å²) < 4.78 is 13.1. The highest BCUT2D eigenvalue weighted by molar-refractivity contribution is 6.30. The van der Waals surface area contributed by atoms with Crippen molar-refractivity contribution in [1.82, 2.24) is 20.9 Å². The molecule has 1 aromatic rings. The molecule has 204 valence electrons. The van der Waals surface area contributed by atoms with Crippen molar-refractivity contribution in [2.24, 2.45) is 11.7 Å². The number of rotatable bonds is 12. The molecular formula is C24H35ClFN7O4. The summed E-state index contributed by atoms with van der Waals surface area (Å²) in [5, 5.41) is 18.2. The minimum atomic E-state index is -1.24. The molecule has 0 saturated carbocycles. The van der Waals surface area contributed by atoms with Crippen molar-refractivity contribution in [2.75, 3.05) is 25.1 Å². The molecule has 1 saturated heterocycles. The lowest BCUT2D eigenvalue weighted by Gasteiger charge is -2.31. The van der Waals surface area contributed by atoms with Crippen LogP contribution in [0.3, 0.4) is 0 Å². The monoisotopic (exact) mass is 539 g/mol. The van der Waals surface area contributed by atoms with Gasteiger partial charge >= 0.3 is 6.03 Å². The van der Waals surface area contributed by atoms with Crippen molar-refractivity contribution < 1.29 is 23.6 Å². The molecule has 37 heavy (non-hydrogen) atoms. The average Bonchev–Trinajstić information content (AvgIpc) is 3.34. The van der Waals surface area contributed by atoms with E-state index in [1.54, 1.807) is 38.1 Å². The Bertz CT molecular complexity index is 976. The standard InChI is InChI=1S/C24H35ClFN7O4/c1-14(2)20(32-24(37)30-16-9-7-15(25)8-10-16)22(36)33-12-4-6-18(33)21(35)31-17(19(34)13-26)5-3-11-29-23(27)28/h7-10,14,17-18,20H,3-6,11-13H2,1-2H3,(H,31,35)(H4,27,28,29)(H2,30,32,37)/t17-,18-,20-/m0/s1. The molecule has 0 aromatic heterocycles. The fraction of sp³-hybridized carbons (Fsp3) is 0.542. The van der Waals surface area contributed by atoms with Crippen molar-refractivity contribution in [3.05, 3.63) is 29.3 Å². The molecule has 7 N–H and O–H groups in total. The van der Waals surface area contributed by atoms with Crippen LogP contribution in [0.1, 0.15) is 39.5 Å². The van der Waals surface area contributed by atoms with Gasteiger partial charge in [-0.25, -0.2) is 9.18 Å². The third-order valence-electron chi connectivity index (χ3n) is 5.98. The molecule has 1 aromatic carbocycles. The van der Waals surface area contributed by atoms with Crippen LogP contribution < -0.4 is 27.0 Å². The van der Waals surface area contributed by atoms with Crippen molar-refractivity contribution in [2.45, 2.75) is 57.7 Å². The maximum Gasteiger partial charge on any atom is 0.319 e. The van der Waals surface area contributed by atoms with Crippen LogP contribution in [0.5, 0.6) is 0 Å². The van der Waals surface area contributed by atoms with Gasteiger partial charge in [0, 0.05) is 23.8 Å². The van der Waals surface area contributed by atoms with Gasteiger partial charge < -0.3 is 31.9 Å². The summed E-state index contributed by atoms with van der Waals surface area (Å²) in [6, 6.07) is 3.10. The summed E-state index contributed by atoms with van der Waals surface area (Å²) >= 11 is 5.86. The molecule has 1 aliphatic heterocycles. The lowest BCUT2D eigenvalue weighted by molar-refractivity contribution is -0.141. The molecule has 4 amide bonds. The number of anilines is 1. The summed E-state index contributed by atoms with van der Waals surface area (Å²) in [4.78, 5) is 52.5. The normalized spacial score (nSPS) is 16.6. The quantitative estimate of drug-likeness (QED) is 0.134. The second kappa shape index (κ2) is 14.4. The smallest absolute Gasteiger partial charge is 0.319 e. The van der Waals surface area contributed by atoms with Gasteiger partial charge in [0.15, 0.2) is 11.7 Å². The zero-order valence-corrected chi connectivity index (χ0v) is 21.7. The van der Waals surface area contributed by atoms with Crippen molar-refractivity contribution >= 4 is 46.9 Å². The average molecular weight is 540 g/mol. The van der Waals surface area contributed by atoms with E-state index in [4.69, 9.17) is 22.7 Å². The Labute approximate surface area is 220 Å².